The highest BCUT2D eigenvalue weighted by atomic mass is 19.1. The smallest absolute Gasteiger partial charge is 0.147 e. The van der Waals surface area contributed by atoms with Gasteiger partial charge in [0.1, 0.15) is 23.8 Å². The third kappa shape index (κ3) is 5.13. The van der Waals surface area contributed by atoms with E-state index < -0.39 is 17.0 Å². The Balaban J connectivity index is 1.29. The van der Waals surface area contributed by atoms with Crippen LogP contribution >= 0.6 is 0 Å². The quantitative estimate of drug-likeness (QED) is 0.168. The predicted octanol–water partition coefficient (Wildman–Crippen LogP) is 14.1. The molecule has 6 heteroatoms. The molecule has 0 atom stereocenters. The molecule has 0 bridgehead atoms. The van der Waals surface area contributed by atoms with Gasteiger partial charge in [-0.1, -0.05) is 127 Å². The third-order valence-electron chi connectivity index (χ3n) is 12.3. The number of halogens is 2. The van der Waals surface area contributed by atoms with Crippen molar-refractivity contribution in [3.8, 4) is 34.4 Å². The molecule has 0 unspecified atom stereocenters. The lowest BCUT2D eigenvalue weighted by Gasteiger charge is -2.34. The Labute approximate surface area is 351 Å². The minimum absolute atomic E-state index is 0.311. The third-order valence-corrected chi connectivity index (χ3v) is 12.3. The molecule has 9 aromatic rings. The molecule has 0 amide bonds. The van der Waals surface area contributed by atoms with E-state index in [2.05, 4.69) is 91.0 Å². The van der Waals surface area contributed by atoms with E-state index in [1.165, 1.54) is 12.1 Å². The first-order chi connectivity index (χ1) is 30.0. The molecule has 0 saturated carbocycles. The van der Waals surface area contributed by atoms with Gasteiger partial charge < -0.3 is 9.80 Å². The fourth-order valence-electron chi connectivity index (χ4n) is 9.88. The van der Waals surface area contributed by atoms with Crippen molar-refractivity contribution in [3.63, 3.8) is 0 Å². The highest BCUT2D eigenvalue weighted by Gasteiger charge is 2.53. The Morgan fingerprint density at radius 3 is 1.44 bits per heavy atom. The highest BCUT2D eigenvalue weighted by molar-refractivity contribution is 6.12. The van der Waals surface area contributed by atoms with Gasteiger partial charge >= 0.3 is 0 Å². The summed E-state index contributed by atoms with van der Waals surface area (Å²) in [7, 11) is 0. The van der Waals surface area contributed by atoms with Crippen molar-refractivity contribution in [1.82, 2.24) is 0 Å². The minimum Gasteiger partial charge on any atom is -0.306 e. The standard InChI is InChI=1S/C55H32F2N4/c56-47-23-9-13-27-51(47)60(49-25-11-1-15-35(49)33-58)37-29-30-42-45(31-37)55(43-21-7-5-17-38(43)39-18-6-8-22-44(39)55)46-32-53(40-19-3-4-20-41(40)54(42)46)61(52-28-14-10-24-48(52)57)50-26-12-2-16-36(50)34-59/h1-32H. The van der Waals surface area contributed by atoms with Crippen LogP contribution in [0.4, 0.5) is 42.9 Å². The highest BCUT2D eigenvalue weighted by Crippen LogP contribution is 2.65. The molecule has 0 N–H and O–H groups in total. The summed E-state index contributed by atoms with van der Waals surface area (Å²) in [6.45, 7) is 0. The molecule has 0 fully saturated rings. The molecule has 9 aromatic carbocycles. The lowest BCUT2D eigenvalue weighted by molar-refractivity contribution is 0.628. The van der Waals surface area contributed by atoms with E-state index in [1.54, 1.807) is 42.5 Å². The van der Waals surface area contributed by atoms with Gasteiger partial charge in [0.25, 0.3) is 0 Å². The number of para-hydroxylation sites is 4. The Bertz CT molecular complexity index is 3310. The van der Waals surface area contributed by atoms with Gasteiger partial charge in [-0.15, -0.1) is 0 Å². The molecule has 286 valence electrons. The van der Waals surface area contributed by atoms with Crippen molar-refractivity contribution in [2.24, 2.45) is 0 Å². The van der Waals surface area contributed by atoms with Crippen LogP contribution in [0.3, 0.4) is 0 Å². The number of nitrogens with zero attached hydrogens (tertiary/aromatic N) is 4. The zero-order valence-corrected chi connectivity index (χ0v) is 32.5. The first kappa shape index (κ1) is 35.8. The van der Waals surface area contributed by atoms with Crippen molar-refractivity contribution in [2.75, 3.05) is 9.80 Å². The van der Waals surface area contributed by atoms with Gasteiger partial charge in [-0.05, 0) is 117 Å². The summed E-state index contributed by atoms with van der Waals surface area (Å²) in [6.07, 6.45) is 0. The fourth-order valence-corrected chi connectivity index (χ4v) is 9.88. The van der Waals surface area contributed by atoms with Crippen LogP contribution < -0.4 is 9.80 Å². The van der Waals surface area contributed by atoms with E-state index in [-0.39, 0.29) is 0 Å². The maximum Gasteiger partial charge on any atom is 0.147 e. The molecule has 1 spiro atoms. The zero-order valence-electron chi connectivity index (χ0n) is 32.5. The SMILES string of the molecule is N#Cc1ccccc1N(c1ccc2c(c1)C1(c3ccccc3-c3ccccc31)c1cc(N(c3ccccc3F)c3ccccc3C#N)c3ccccc3c1-2)c1ccccc1F. The van der Waals surface area contributed by atoms with Gasteiger partial charge in [0.05, 0.1) is 45.0 Å². The Morgan fingerprint density at radius 1 is 0.377 bits per heavy atom. The molecular formula is C55H32F2N4. The van der Waals surface area contributed by atoms with E-state index in [0.29, 0.717) is 45.3 Å². The molecule has 0 heterocycles. The van der Waals surface area contributed by atoms with Crippen LogP contribution in [0, 0.1) is 34.3 Å². The monoisotopic (exact) mass is 786 g/mol. The number of hydrogen-bond acceptors (Lipinski definition) is 4. The topological polar surface area (TPSA) is 54.1 Å². The van der Waals surface area contributed by atoms with Crippen LogP contribution in [0.2, 0.25) is 0 Å². The molecule has 0 aromatic heterocycles. The molecule has 11 rings (SSSR count). The van der Waals surface area contributed by atoms with Crippen molar-refractivity contribution >= 4 is 44.9 Å². The number of hydrogen-bond donors (Lipinski definition) is 0. The first-order valence-electron chi connectivity index (χ1n) is 20.0. The van der Waals surface area contributed by atoms with Gasteiger partial charge in [0, 0.05) is 11.1 Å². The fraction of sp³-hybridized carbons (Fsp3) is 0.0182. The second-order valence-corrected chi connectivity index (χ2v) is 15.3. The molecular weight excluding hydrogens is 755 g/mol. The van der Waals surface area contributed by atoms with Crippen LogP contribution in [0.15, 0.2) is 194 Å². The van der Waals surface area contributed by atoms with Gasteiger partial charge in [0.15, 0.2) is 0 Å². The van der Waals surface area contributed by atoms with E-state index in [0.717, 1.165) is 55.3 Å². The lowest BCUT2D eigenvalue weighted by Crippen LogP contribution is -2.27. The van der Waals surface area contributed by atoms with Crippen molar-refractivity contribution in [2.45, 2.75) is 5.41 Å². The van der Waals surface area contributed by atoms with Crippen LogP contribution in [0.5, 0.6) is 0 Å². The Kier molecular flexibility index (Phi) is 8.17. The van der Waals surface area contributed by atoms with Crippen LogP contribution in [-0.2, 0) is 5.41 Å². The van der Waals surface area contributed by atoms with Gasteiger partial charge in [-0.3, -0.25) is 0 Å². The summed E-state index contributed by atoms with van der Waals surface area (Å²) in [6, 6.07) is 66.2. The van der Waals surface area contributed by atoms with E-state index in [9.17, 15) is 10.5 Å². The number of rotatable bonds is 6. The molecule has 4 nitrogen and oxygen atoms in total. The summed E-state index contributed by atoms with van der Waals surface area (Å²) in [5, 5.41) is 22.7. The van der Waals surface area contributed by atoms with Gasteiger partial charge in [-0.2, -0.15) is 10.5 Å². The van der Waals surface area contributed by atoms with Crippen molar-refractivity contribution in [3.05, 3.63) is 239 Å². The molecule has 2 aliphatic rings. The van der Waals surface area contributed by atoms with Gasteiger partial charge in [-0.25, -0.2) is 8.78 Å². The minimum atomic E-state index is -0.891. The maximum absolute atomic E-state index is 16.3. The van der Waals surface area contributed by atoms with E-state index in [1.807, 2.05) is 70.5 Å². The maximum atomic E-state index is 16.3. The number of fused-ring (bicyclic) bond motifs is 12. The summed E-state index contributed by atoms with van der Waals surface area (Å²) in [4.78, 5) is 3.71. The second-order valence-electron chi connectivity index (χ2n) is 15.3. The molecule has 2 aliphatic carbocycles. The van der Waals surface area contributed by atoms with Crippen LogP contribution in [0.25, 0.3) is 33.0 Å². The average molecular weight is 787 g/mol. The molecule has 0 radical (unpaired) electrons. The first-order valence-corrected chi connectivity index (χ1v) is 20.0. The van der Waals surface area contributed by atoms with Crippen LogP contribution in [0.1, 0.15) is 33.4 Å². The Hall–Kier alpha value is -8.32. The largest absolute Gasteiger partial charge is 0.306 e. The van der Waals surface area contributed by atoms with Crippen molar-refractivity contribution in [1.29, 1.82) is 10.5 Å². The number of benzene rings is 9. The zero-order chi connectivity index (χ0) is 41.2. The number of anilines is 6. The average Bonchev–Trinajstić information content (AvgIpc) is 3.78. The summed E-state index contributed by atoms with van der Waals surface area (Å²) in [5.41, 5.74) is 11.4. The van der Waals surface area contributed by atoms with Gasteiger partial charge in [0.2, 0.25) is 0 Å². The summed E-state index contributed by atoms with van der Waals surface area (Å²) >= 11 is 0. The van der Waals surface area contributed by atoms with Crippen LogP contribution in [-0.4, -0.2) is 0 Å². The lowest BCUT2D eigenvalue weighted by atomic mass is 9.70. The normalized spacial score (nSPS) is 12.5. The number of nitriles is 2. The molecule has 0 saturated heterocycles. The predicted molar refractivity (Wildman–Crippen MR) is 239 cm³/mol. The second kappa shape index (κ2) is 13.9. The molecule has 61 heavy (non-hydrogen) atoms. The Morgan fingerprint density at radius 2 is 0.852 bits per heavy atom. The summed E-state index contributed by atoms with van der Waals surface area (Å²) in [5.74, 6) is -0.850. The van der Waals surface area contributed by atoms with E-state index >= 15 is 8.78 Å². The molecule has 0 aliphatic heterocycles. The van der Waals surface area contributed by atoms with Crippen molar-refractivity contribution < 1.29 is 8.78 Å². The summed E-state index contributed by atoms with van der Waals surface area (Å²) < 4.78 is 32.4. The van der Waals surface area contributed by atoms with E-state index in [4.69, 9.17) is 0 Å².